The Bertz CT molecular complexity index is 788. The van der Waals surface area contributed by atoms with Crippen molar-refractivity contribution in [2.75, 3.05) is 11.9 Å². The van der Waals surface area contributed by atoms with E-state index in [1.54, 1.807) is 27.0 Å². The number of carbonyl (C=O) groups excluding carboxylic acids is 2. The molecule has 5 heteroatoms. The number of amides is 1. The quantitative estimate of drug-likeness (QED) is 0.739. The fourth-order valence-electron chi connectivity index (χ4n) is 3.58. The first-order valence-electron chi connectivity index (χ1n) is 6.99. The fourth-order valence-corrected chi connectivity index (χ4v) is 3.58. The number of nitrogens with zero attached hydrogens (tertiary/aromatic N) is 2. The smallest absolute Gasteiger partial charge is 0.241 e. The molecule has 22 heavy (non-hydrogen) atoms. The summed E-state index contributed by atoms with van der Waals surface area (Å²) in [5, 5.41) is 9.26. The predicted molar refractivity (Wildman–Crippen MR) is 78.6 cm³/mol. The molecule has 1 spiro atoms. The second kappa shape index (κ2) is 4.26. The Hall–Kier alpha value is -2.48. The van der Waals surface area contributed by atoms with Gasteiger partial charge in [-0.2, -0.15) is 5.26 Å². The molecule has 1 unspecified atom stereocenters. The van der Waals surface area contributed by atoms with E-state index in [9.17, 15) is 19.2 Å². The molecule has 0 fully saturated rings. The van der Waals surface area contributed by atoms with Crippen molar-refractivity contribution in [1.82, 2.24) is 0 Å². The highest BCUT2D eigenvalue weighted by atomic mass is 19.1. The molecular weight excluding hydrogens is 283 g/mol. The molecule has 1 aliphatic heterocycles. The zero-order chi connectivity index (χ0) is 16.3. The maximum absolute atomic E-state index is 13.5. The van der Waals surface area contributed by atoms with E-state index in [2.05, 4.69) is 0 Å². The summed E-state index contributed by atoms with van der Waals surface area (Å²) in [7, 11) is 1.58. The van der Waals surface area contributed by atoms with E-state index in [0.29, 0.717) is 11.3 Å². The van der Waals surface area contributed by atoms with Gasteiger partial charge in [0.2, 0.25) is 5.91 Å². The van der Waals surface area contributed by atoms with Crippen LogP contribution in [0.3, 0.4) is 0 Å². The standard InChI is InChI=1S/C17H15FN2O2/c1-16(2)9-17(7-10(8-19)14(16)21)12-5-4-11(18)6-13(12)20(3)15(17)22/h4-7H,9H2,1-3H3. The lowest BCUT2D eigenvalue weighted by Gasteiger charge is -2.37. The molecule has 1 heterocycles. The van der Waals surface area contributed by atoms with Crippen LogP contribution in [0.15, 0.2) is 29.8 Å². The zero-order valence-corrected chi connectivity index (χ0v) is 12.6. The van der Waals surface area contributed by atoms with Crippen LogP contribution in [0, 0.1) is 22.6 Å². The molecule has 1 aromatic carbocycles. The summed E-state index contributed by atoms with van der Waals surface area (Å²) in [5.41, 5.74) is -0.763. The van der Waals surface area contributed by atoms with Crippen molar-refractivity contribution in [3.05, 3.63) is 41.2 Å². The molecule has 1 aliphatic carbocycles. The number of allylic oxidation sites excluding steroid dienone is 1. The highest BCUT2D eigenvalue weighted by molar-refractivity contribution is 6.13. The zero-order valence-electron chi connectivity index (χ0n) is 12.6. The number of ketones is 1. The number of carbonyl (C=O) groups is 2. The van der Waals surface area contributed by atoms with Crippen LogP contribution in [0.1, 0.15) is 25.8 Å². The third kappa shape index (κ3) is 1.67. The Labute approximate surface area is 127 Å². The summed E-state index contributed by atoms with van der Waals surface area (Å²) < 4.78 is 13.5. The molecule has 0 aromatic heterocycles. The van der Waals surface area contributed by atoms with E-state index >= 15 is 0 Å². The van der Waals surface area contributed by atoms with Gasteiger partial charge >= 0.3 is 0 Å². The average Bonchev–Trinajstić information content (AvgIpc) is 2.65. The van der Waals surface area contributed by atoms with Gasteiger partial charge in [0.25, 0.3) is 0 Å². The van der Waals surface area contributed by atoms with Crippen LogP contribution < -0.4 is 4.90 Å². The van der Waals surface area contributed by atoms with Crippen LogP contribution in [-0.2, 0) is 15.0 Å². The van der Waals surface area contributed by atoms with Crippen LogP contribution in [0.2, 0.25) is 0 Å². The first kappa shape index (κ1) is 14.5. The Kier molecular flexibility index (Phi) is 2.80. The van der Waals surface area contributed by atoms with Gasteiger partial charge in [0.15, 0.2) is 5.78 Å². The Morgan fingerprint density at radius 1 is 1.32 bits per heavy atom. The molecule has 3 rings (SSSR count). The third-order valence-corrected chi connectivity index (χ3v) is 4.58. The van der Waals surface area contributed by atoms with Crippen LogP contribution in [-0.4, -0.2) is 18.7 Å². The molecule has 0 saturated carbocycles. The van der Waals surface area contributed by atoms with Crippen molar-refractivity contribution in [2.45, 2.75) is 25.7 Å². The highest BCUT2D eigenvalue weighted by Crippen LogP contribution is 2.52. The SMILES string of the molecule is CN1C(=O)C2(C=C(C#N)C(=O)C(C)(C)C2)c2ccc(F)cc21. The summed E-state index contributed by atoms with van der Waals surface area (Å²) in [6.45, 7) is 3.46. The second-order valence-electron chi connectivity index (χ2n) is 6.56. The number of fused-ring (bicyclic) bond motifs is 2. The van der Waals surface area contributed by atoms with E-state index < -0.39 is 16.6 Å². The van der Waals surface area contributed by atoms with Crippen molar-refractivity contribution >= 4 is 17.4 Å². The van der Waals surface area contributed by atoms with E-state index in [0.717, 1.165) is 0 Å². The minimum Gasteiger partial charge on any atom is -0.314 e. The van der Waals surface area contributed by atoms with Crippen LogP contribution in [0.5, 0.6) is 0 Å². The number of halogens is 1. The first-order valence-corrected chi connectivity index (χ1v) is 6.99. The normalized spacial score (nSPS) is 26.0. The molecule has 112 valence electrons. The number of hydrogen-bond donors (Lipinski definition) is 0. The van der Waals surface area contributed by atoms with E-state index in [1.165, 1.54) is 23.1 Å². The molecule has 1 atom stereocenters. The lowest BCUT2D eigenvalue weighted by molar-refractivity contribution is -0.128. The van der Waals surface area contributed by atoms with Crippen molar-refractivity contribution < 1.29 is 14.0 Å². The van der Waals surface area contributed by atoms with Crippen molar-refractivity contribution in [1.29, 1.82) is 5.26 Å². The minimum absolute atomic E-state index is 0.00447. The van der Waals surface area contributed by atoms with Crippen LogP contribution >= 0.6 is 0 Å². The summed E-state index contributed by atoms with van der Waals surface area (Å²) in [4.78, 5) is 26.5. The molecular formula is C17H15FN2O2. The van der Waals surface area contributed by atoms with E-state index in [-0.39, 0.29) is 23.7 Å². The predicted octanol–water partition coefficient (Wildman–Crippen LogP) is 2.49. The number of rotatable bonds is 0. The van der Waals surface area contributed by atoms with Crippen LogP contribution in [0.25, 0.3) is 0 Å². The number of Topliss-reactive ketones (excluding diaryl/α,β-unsaturated/α-hetero) is 1. The van der Waals surface area contributed by atoms with Gasteiger partial charge in [0.05, 0.1) is 16.7 Å². The van der Waals surface area contributed by atoms with Gasteiger partial charge in [-0.05, 0) is 30.2 Å². The monoisotopic (exact) mass is 298 g/mol. The Morgan fingerprint density at radius 3 is 2.64 bits per heavy atom. The Balaban J connectivity index is 2.32. The third-order valence-electron chi connectivity index (χ3n) is 4.58. The number of benzene rings is 1. The molecule has 1 amide bonds. The van der Waals surface area contributed by atoms with Gasteiger partial charge in [-0.15, -0.1) is 0 Å². The second-order valence-corrected chi connectivity index (χ2v) is 6.56. The maximum Gasteiger partial charge on any atom is 0.241 e. The first-order chi connectivity index (χ1) is 10.2. The minimum atomic E-state index is -1.07. The lowest BCUT2D eigenvalue weighted by atomic mass is 9.62. The molecule has 1 aromatic rings. The number of nitriles is 1. The van der Waals surface area contributed by atoms with E-state index in [4.69, 9.17) is 0 Å². The largest absolute Gasteiger partial charge is 0.314 e. The van der Waals surface area contributed by atoms with Crippen molar-refractivity contribution in [2.24, 2.45) is 5.41 Å². The van der Waals surface area contributed by atoms with Gasteiger partial charge in [0, 0.05) is 12.5 Å². The maximum atomic E-state index is 13.5. The molecule has 0 N–H and O–H groups in total. The van der Waals surface area contributed by atoms with Gasteiger partial charge < -0.3 is 4.90 Å². The number of likely N-dealkylation sites (N-methyl/N-ethyl adjacent to an activating group) is 1. The van der Waals surface area contributed by atoms with Gasteiger partial charge in [-0.25, -0.2) is 4.39 Å². The summed E-state index contributed by atoms with van der Waals surface area (Å²) in [5.74, 6) is -0.917. The van der Waals surface area contributed by atoms with Crippen LogP contribution in [0.4, 0.5) is 10.1 Å². The average molecular weight is 298 g/mol. The lowest BCUT2D eigenvalue weighted by Crippen LogP contribution is -2.46. The van der Waals surface area contributed by atoms with Gasteiger partial charge in [-0.3, -0.25) is 9.59 Å². The number of hydrogen-bond acceptors (Lipinski definition) is 3. The molecule has 4 nitrogen and oxygen atoms in total. The number of anilines is 1. The summed E-state index contributed by atoms with van der Waals surface area (Å²) in [6, 6.07) is 6.09. The van der Waals surface area contributed by atoms with Crippen molar-refractivity contribution in [3.8, 4) is 6.07 Å². The molecule has 0 radical (unpaired) electrons. The Morgan fingerprint density at radius 2 is 2.00 bits per heavy atom. The summed E-state index contributed by atoms with van der Waals surface area (Å²) in [6.07, 6.45) is 1.73. The highest BCUT2D eigenvalue weighted by Gasteiger charge is 2.55. The molecule has 0 bridgehead atoms. The summed E-state index contributed by atoms with van der Waals surface area (Å²) >= 11 is 0. The topological polar surface area (TPSA) is 61.2 Å². The van der Waals surface area contributed by atoms with E-state index in [1.807, 2.05) is 6.07 Å². The van der Waals surface area contributed by atoms with Crippen molar-refractivity contribution in [3.63, 3.8) is 0 Å². The van der Waals surface area contributed by atoms with Gasteiger partial charge in [0.1, 0.15) is 11.9 Å². The molecule has 2 aliphatic rings. The van der Waals surface area contributed by atoms with Gasteiger partial charge in [-0.1, -0.05) is 19.9 Å². The fraction of sp³-hybridized carbons (Fsp3) is 0.353. The molecule has 0 saturated heterocycles.